The van der Waals surface area contributed by atoms with Crippen molar-refractivity contribution in [3.05, 3.63) is 52.9 Å². The molecule has 0 radical (unpaired) electrons. The van der Waals surface area contributed by atoms with Gasteiger partial charge in [0, 0.05) is 17.1 Å². The lowest BCUT2D eigenvalue weighted by Crippen LogP contribution is -1.97. The molecule has 0 aliphatic rings. The Bertz CT molecular complexity index is 464. The first-order valence-electron chi connectivity index (χ1n) is 5.35. The number of rotatable bonds is 4. The Hall–Kier alpha value is -1.41. The molecule has 2 nitrogen and oxygen atoms in total. The van der Waals surface area contributed by atoms with Crippen LogP contribution in [0.4, 0.5) is 5.69 Å². The summed E-state index contributed by atoms with van der Waals surface area (Å²) in [5.74, 6) is 1.96. The lowest BCUT2D eigenvalue weighted by molar-refractivity contribution is 0.476. The van der Waals surface area contributed by atoms with Crippen LogP contribution in [-0.2, 0) is 13.0 Å². The van der Waals surface area contributed by atoms with E-state index in [4.69, 9.17) is 16.0 Å². The summed E-state index contributed by atoms with van der Waals surface area (Å²) in [6.45, 7) is 2.76. The molecule has 1 heterocycles. The Balaban J connectivity index is 1.96. The van der Waals surface area contributed by atoms with Gasteiger partial charge in [0.15, 0.2) is 0 Å². The molecule has 2 rings (SSSR count). The molecular weight excluding hydrogens is 222 g/mol. The summed E-state index contributed by atoms with van der Waals surface area (Å²) in [5.41, 5.74) is 1.00. The summed E-state index contributed by atoms with van der Waals surface area (Å²) in [4.78, 5) is 0. The van der Waals surface area contributed by atoms with Crippen molar-refractivity contribution in [2.45, 2.75) is 19.9 Å². The van der Waals surface area contributed by atoms with Crippen LogP contribution in [0.2, 0.25) is 5.02 Å². The zero-order chi connectivity index (χ0) is 11.4. The molecule has 0 saturated heterocycles. The molecule has 16 heavy (non-hydrogen) atoms. The van der Waals surface area contributed by atoms with Crippen LogP contribution in [0.25, 0.3) is 0 Å². The van der Waals surface area contributed by atoms with Gasteiger partial charge in [-0.3, -0.25) is 0 Å². The Labute approximate surface area is 100 Å². The lowest BCUT2D eigenvalue weighted by Gasteiger charge is -2.04. The quantitative estimate of drug-likeness (QED) is 0.863. The molecular formula is C13H14ClNO. The Morgan fingerprint density at radius 2 is 2.00 bits per heavy atom. The highest BCUT2D eigenvalue weighted by Gasteiger charge is 2.00. The monoisotopic (exact) mass is 235 g/mol. The second-order valence-corrected chi connectivity index (χ2v) is 4.02. The Kier molecular flexibility index (Phi) is 3.52. The highest BCUT2D eigenvalue weighted by molar-refractivity contribution is 6.30. The van der Waals surface area contributed by atoms with E-state index in [2.05, 4.69) is 12.2 Å². The van der Waals surface area contributed by atoms with Crippen molar-refractivity contribution < 1.29 is 4.42 Å². The second-order valence-electron chi connectivity index (χ2n) is 3.59. The Morgan fingerprint density at radius 1 is 1.19 bits per heavy atom. The third kappa shape index (κ3) is 2.80. The maximum atomic E-state index is 5.89. The third-order valence-electron chi connectivity index (χ3n) is 2.36. The summed E-state index contributed by atoms with van der Waals surface area (Å²) < 4.78 is 5.59. The van der Waals surface area contributed by atoms with Crippen molar-refractivity contribution in [1.82, 2.24) is 0 Å². The van der Waals surface area contributed by atoms with Gasteiger partial charge < -0.3 is 9.73 Å². The van der Waals surface area contributed by atoms with Gasteiger partial charge in [0.25, 0.3) is 0 Å². The number of benzene rings is 1. The normalized spacial score (nSPS) is 10.4. The molecule has 3 heteroatoms. The van der Waals surface area contributed by atoms with Gasteiger partial charge >= 0.3 is 0 Å². The lowest BCUT2D eigenvalue weighted by atomic mass is 10.3. The molecule has 0 bridgehead atoms. The molecule has 84 valence electrons. The van der Waals surface area contributed by atoms with Gasteiger partial charge in [-0.15, -0.1) is 0 Å². The number of furan rings is 1. The van der Waals surface area contributed by atoms with Crippen LogP contribution >= 0.6 is 11.6 Å². The predicted octanol–water partition coefficient (Wildman–Crippen LogP) is 4.11. The molecule has 1 aromatic carbocycles. The van der Waals surface area contributed by atoms with E-state index in [0.717, 1.165) is 28.7 Å². The average Bonchev–Trinajstić information content (AvgIpc) is 2.74. The fourth-order valence-corrected chi connectivity index (χ4v) is 1.69. The third-order valence-corrected chi connectivity index (χ3v) is 2.59. The van der Waals surface area contributed by atoms with Crippen molar-refractivity contribution in [3.63, 3.8) is 0 Å². The maximum Gasteiger partial charge on any atom is 0.123 e. The Morgan fingerprint density at radius 3 is 2.69 bits per heavy atom. The van der Waals surface area contributed by atoms with E-state index < -0.39 is 0 Å². The van der Waals surface area contributed by atoms with Crippen LogP contribution in [0.3, 0.4) is 0 Å². The number of anilines is 1. The van der Waals surface area contributed by atoms with Crippen LogP contribution < -0.4 is 5.32 Å². The summed E-state index contributed by atoms with van der Waals surface area (Å²) >= 11 is 5.89. The molecule has 0 aliphatic heterocycles. The number of halogens is 1. The zero-order valence-corrected chi connectivity index (χ0v) is 9.92. The molecule has 1 aromatic heterocycles. The number of nitrogens with one attached hydrogen (secondary N) is 1. The largest absolute Gasteiger partial charge is 0.464 e. The van der Waals surface area contributed by atoms with Gasteiger partial charge in [-0.25, -0.2) is 0 Å². The van der Waals surface area contributed by atoms with Crippen LogP contribution in [0.15, 0.2) is 40.8 Å². The number of aryl methyl sites for hydroxylation is 1. The van der Waals surface area contributed by atoms with Crippen LogP contribution in [0.1, 0.15) is 18.4 Å². The van der Waals surface area contributed by atoms with E-state index in [-0.39, 0.29) is 0 Å². The first-order chi connectivity index (χ1) is 7.78. The SMILES string of the molecule is CCc1ccc(CNc2cccc(Cl)c2)o1. The van der Waals surface area contributed by atoms with Crippen molar-refractivity contribution in [3.8, 4) is 0 Å². The maximum absolute atomic E-state index is 5.89. The van der Waals surface area contributed by atoms with Crippen molar-refractivity contribution in [1.29, 1.82) is 0 Å². The number of hydrogen-bond acceptors (Lipinski definition) is 2. The summed E-state index contributed by atoms with van der Waals surface area (Å²) in [7, 11) is 0. The van der Waals surface area contributed by atoms with E-state index in [1.54, 1.807) is 0 Å². The van der Waals surface area contributed by atoms with Gasteiger partial charge in [-0.1, -0.05) is 24.6 Å². The minimum absolute atomic E-state index is 0.681. The second kappa shape index (κ2) is 5.08. The van der Waals surface area contributed by atoms with Gasteiger partial charge in [0.2, 0.25) is 0 Å². The molecule has 0 amide bonds. The van der Waals surface area contributed by atoms with Crippen LogP contribution in [0.5, 0.6) is 0 Å². The molecule has 1 N–H and O–H groups in total. The molecule has 0 aliphatic carbocycles. The first kappa shape index (κ1) is 11.1. The number of hydrogen-bond donors (Lipinski definition) is 1. The molecule has 0 fully saturated rings. The first-order valence-corrected chi connectivity index (χ1v) is 5.73. The molecule has 2 aromatic rings. The van der Waals surface area contributed by atoms with E-state index >= 15 is 0 Å². The smallest absolute Gasteiger partial charge is 0.123 e. The molecule has 0 spiro atoms. The van der Waals surface area contributed by atoms with Crippen LogP contribution in [-0.4, -0.2) is 0 Å². The van der Waals surface area contributed by atoms with Crippen molar-refractivity contribution in [2.24, 2.45) is 0 Å². The van der Waals surface area contributed by atoms with Crippen molar-refractivity contribution >= 4 is 17.3 Å². The topological polar surface area (TPSA) is 25.2 Å². The fourth-order valence-electron chi connectivity index (χ4n) is 1.49. The van der Waals surface area contributed by atoms with E-state index in [9.17, 15) is 0 Å². The predicted molar refractivity (Wildman–Crippen MR) is 66.9 cm³/mol. The highest BCUT2D eigenvalue weighted by atomic mass is 35.5. The van der Waals surface area contributed by atoms with Gasteiger partial charge in [0.05, 0.1) is 6.54 Å². The molecule has 0 unspecified atom stereocenters. The average molecular weight is 236 g/mol. The fraction of sp³-hybridized carbons (Fsp3) is 0.231. The summed E-state index contributed by atoms with van der Waals surface area (Å²) in [6, 6.07) is 11.7. The minimum atomic E-state index is 0.681. The van der Waals surface area contributed by atoms with Gasteiger partial charge in [-0.2, -0.15) is 0 Å². The summed E-state index contributed by atoms with van der Waals surface area (Å²) in [5, 5.41) is 4.00. The van der Waals surface area contributed by atoms with Gasteiger partial charge in [-0.05, 0) is 30.3 Å². The standard InChI is InChI=1S/C13H14ClNO/c1-2-12-6-7-13(16-12)9-15-11-5-3-4-10(14)8-11/h3-8,15H,2,9H2,1H3. The minimum Gasteiger partial charge on any atom is -0.464 e. The summed E-state index contributed by atoms with van der Waals surface area (Å²) in [6.07, 6.45) is 0.928. The van der Waals surface area contributed by atoms with E-state index in [1.807, 2.05) is 36.4 Å². The van der Waals surface area contributed by atoms with Crippen molar-refractivity contribution in [2.75, 3.05) is 5.32 Å². The molecule has 0 saturated carbocycles. The highest BCUT2D eigenvalue weighted by Crippen LogP contribution is 2.16. The van der Waals surface area contributed by atoms with E-state index in [0.29, 0.717) is 6.54 Å². The van der Waals surface area contributed by atoms with Crippen LogP contribution in [0, 0.1) is 0 Å². The molecule has 0 atom stereocenters. The van der Waals surface area contributed by atoms with Gasteiger partial charge in [0.1, 0.15) is 11.5 Å². The zero-order valence-electron chi connectivity index (χ0n) is 9.16. The van der Waals surface area contributed by atoms with E-state index in [1.165, 1.54) is 0 Å².